The number of hydrogen-bond acceptors (Lipinski definition) is 3. The van der Waals surface area contributed by atoms with Gasteiger partial charge in [0, 0.05) is 26.7 Å². The first-order chi connectivity index (χ1) is 7.11. The van der Waals surface area contributed by atoms with E-state index in [2.05, 4.69) is 19.2 Å². The van der Waals surface area contributed by atoms with Crippen molar-refractivity contribution >= 4 is 5.91 Å². The van der Waals surface area contributed by atoms with Crippen molar-refractivity contribution in [1.82, 2.24) is 10.2 Å². The van der Waals surface area contributed by atoms with Gasteiger partial charge in [-0.3, -0.25) is 4.79 Å². The van der Waals surface area contributed by atoms with Gasteiger partial charge >= 0.3 is 0 Å². The van der Waals surface area contributed by atoms with Crippen LogP contribution in [-0.2, 0) is 9.53 Å². The van der Waals surface area contributed by atoms with E-state index in [1.54, 1.807) is 0 Å². The Bertz CT molecular complexity index is 203. The first kappa shape index (κ1) is 12.5. The van der Waals surface area contributed by atoms with Crippen LogP contribution in [0.25, 0.3) is 0 Å². The molecule has 0 spiro atoms. The summed E-state index contributed by atoms with van der Waals surface area (Å²) in [6, 6.07) is 0.391. The summed E-state index contributed by atoms with van der Waals surface area (Å²) in [6.45, 7) is 7.34. The molecule has 0 radical (unpaired) electrons. The molecule has 0 atom stereocenters. The van der Waals surface area contributed by atoms with E-state index in [-0.39, 0.29) is 5.91 Å². The number of hydrogen-bond donors (Lipinski definition) is 1. The average Bonchev–Trinajstić information content (AvgIpc) is 2.08. The molecule has 0 bridgehead atoms. The third kappa shape index (κ3) is 4.18. The van der Waals surface area contributed by atoms with Crippen molar-refractivity contribution < 1.29 is 9.53 Å². The van der Waals surface area contributed by atoms with Crippen LogP contribution in [0.3, 0.4) is 0 Å². The minimum absolute atomic E-state index is 0.185. The quantitative estimate of drug-likeness (QED) is 0.654. The van der Waals surface area contributed by atoms with E-state index in [0.717, 1.165) is 19.7 Å². The van der Waals surface area contributed by atoms with Crippen LogP contribution in [0.15, 0.2) is 0 Å². The van der Waals surface area contributed by atoms with Crippen molar-refractivity contribution in [1.29, 1.82) is 0 Å². The van der Waals surface area contributed by atoms with Crippen LogP contribution in [0.2, 0.25) is 0 Å². The van der Waals surface area contributed by atoms with Crippen molar-refractivity contribution in [2.24, 2.45) is 5.92 Å². The second kappa shape index (κ2) is 6.08. The highest BCUT2D eigenvalue weighted by Crippen LogP contribution is 2.04. The first-order valence-corrected chi connectivity index (χ1v) is 5.65. The van der Waals surface area contributed by atoms with E-state index in [0.29, 0.717) is 25.0 Å². The molecule has 0 unspecified atom stereocenters. The summed E-state index contributed by atoms with van der Waals surface area (Å²) in [5, 5.41) is 3.15. The Morgan fingerprint density at radius 3 is 2.67 bits per heavy atom. The van der Waals surface area contributed by atoms with Gasteiger partial charge in [-0.05, 0) is 5.92 Å². The van der Waals surface area contributed by atoms with Gasteiger partial charge in [0.15, 0.2) is 0 Å². The fraction of sp³-hybridized carbons (Fsp3) is 0.909. The van der Waals surface area contributed by atoms with Gasteiger partial charge in [0.2, 0.25) is 5.91 Å². The van der Waals surface area contributed by atoms with E-state index in [1.807, 2.05) is 11.9 Å². The number of likely N-dealkylation sites (N-methyl/N-ethyl adjacent to an activating group) is 1. The van der Waals surface area contributed by atoms with Crippen molar-refractivity contribution in [3.8, 4) is 0 Å². The minimum atomic E-state index is 0.185. The van der Waals surface area contributed by atoms with Gasteiger partial charge in [0.05, 0.1) is 19.1 Å². The summed E-state index contributed by atoms with van der Waals surface area (Å²) in [5.41, 5.74) is 0. The number of nitrogens with zero attached hydrogens (tertiary/aromatic N) is 1. The number of carbonyl (C=O) groups is 1. The predicted molar refractivity (Wildman–Crippen MR) is 59.7 cm³/mol. The summed E-state index contributed by atoms with van der Waals surface area (Å²) in [5.74, 6) is 0.721. The van der Waals surface area contributed by atoms with Crippen molar-refractivity contribution in [2.45, 2.75) is 26.3 Å². The van der Waals surface area contributed by atoms with Gasteiger partial charge in [-0.15, -0.1) is 0 Å². The summed E-state index contributed by atoms with van der Waals surface area (Å²) in [4.78, 5) is 13.5. The van der Waals surface area contributed by atoms with E-state index in [4.69, 9.17) is 4.74 Å². The number of nitrogens with one attached hydrogen (secondary N) is 1. The second-order valence-electron chi connectivity index (χ2n) is 4.54. The van der Waals surface area contributed by atoms with Gasteiger partial charge < -0.3 is 15.0 Å². The molecular formula is C11H22N2O2. The van der Waals surface area contributed by atoms with Gasteiger partial charge in [-0.1, -0.05) is 13.8 Å². The van der Waals surface area contributed by atoms with Crippen molar-refractivity contribution in [3.63, 3.8) is 0 Å². The maximum atomic E-state index is 11.6. The zero-order chi connectivity index (χ0) is 11.3. The molecular weight excluding hydrogens is 192 g/mol. The maximum absolute atomic E-state index is 11.6. The molecule has 1 fully saturated rings. The van der Waals surface area contributed by atoms with Crippen LogP contribution >= 0.6 is 0 Å². The van der Waals surface area contributed by atoms with Crippen LogP contribution < -0.4 is 5.32 Å². The molecule has 1 saturated heterocycles. The highest BCUT2D eigenvalue weighted by Gasteiger charge is 2.24. The highest BCUT2D eigenvalue weighted by atomic mass is 16.5. The predicted octanol–water partition coefficient (Wildman–Crippen LogP) is 0.479. The van der Waals surface area contributed by atoms with Crippen LogP contribution in [0.4, 0.5) is 0 Å². The lowest BCUT2D eigenvalue weighted by Crippen LogP contribution is -2.57. The topological polar surface area (TPSA) is 41.6 Å². The number of ether oxygens (including phenoxy) is 1. The highest BCUT2D eigenvalue weighted by molar-refractivity contribution is 5.76. The fourth-order valence-corrected chi connectivity index (χ4v) is 1.41. The first-order valence-electron chi connectivity index (χ1n) is 5.65. The summed E-state index contributed by atoms with van der Waals surface area (Å²) in [7, 11) is 1.87. The van der Waals surface area contributed by atoms with E-state index < -0.39 is 0 Å². The molecule has 0 aromatic carbocycles. The van der Waals surface area contributed by atoms with E-state index in [1.165, 1.54) is 0 Å². The Labute approximate surface area is 92.0 Å². The number of rotatable bonds is 6. The van der Waals surface area contributed by atoms with Gasteiger partial charge in [0.25, 0.3) is 0 Å². The molecule has 4 heteroatoms. The third-order valence-electron chi connectivity index (χ3n) is 2.61. The number of carbonyl (C=O) groups excluding carboxylic acids is 1. The zero-order valence-electron chi connectivity index (χ0n) is 9.95. The Morgan fingerprint density at radius 1 is 1.53 bits per heavy atom. The average molecular weight is 214 g/mol. The maximum Gasteiger partial charge on any atom is 0.224 e. The molecule has 1 aliphatic heterocycles. The molecule has 15 heavy (non-hydrogen) atoms. The van der Waals surface area contributed by atoms with Gasteiger partial charge in [-0.25, -0.2) is 0 Å². The Kier molecular flexibility index (Phi) is 5.05. The summed E-state index contributed by atoms with van der Waals surface area (Å²) in [6.07, 6.45) is 0.500. The minimum Gasteiger partial charge on any atom is -0.381 e. The van der Waals surface area contributed by atoms with E-state index in [9.17, 15) is 4.79 Å². The molecule has 1 rings (SSSR count). The summed E-state index contributed by atoms with van der Waals surface area (Å²) < 4.78 is 5.38. The van der Waals surface area contributed by atoms with Crippen molar-refractivity contribution in [3.05, 3.63) is 0 Å². The zero-order valence-corrected chi connectivity index (χ0v) is 9.95. The van der Waals surface area contributed by atoms with E-state index >= 15 is 0 Å². The van der Waals surface area contributed by atoms with Crippen LogP contribution in [-0.4, -0.2) is 50.2 Å². The Hall–Kier alpha value is -0.610. The Balaban J connectivity index is 2.07. The standard InChI is InChI=1S/C11H22N2O2/c1-9(2)8-15-5-4-11(14)13(3)10-6-12-7-10/h9-10,12H,4-8H2,1-3H3. The molecule has 0 aliphatic carbocycles. The molecule has 1 heterocycles. The van der Waals surface area contributed by atoms with Crippen LogP contribution in [0.5, 0.6) is 0 Å². The van der Waals surface area contributed by atoms with Gasteiger partial charge in [-0.2, -0.15) is 0 Å². The lowest BCUT2D eigenvalue weighted by molar-refractivity contribution is -0.134. The smallest absolute Gasteiger partial charge is 0.224 e. The number of amides is 1. The Morgan fingerprint density at radius 2 is 2.20 bits per heavy atom. The molecule has 1 N–H and O–H groups in total. The molecule has 4 nitrogen and oxygen atoms in total. The second-order valence-corrected chi connectivity index (χ2v) is 4.54. The molecule has 0 aromatic rings. The lowest BCUT2D eigenvalue weighted by Gasteiger charge is -2.35. The SMILES string of the molecule is CC(C)COCCC(=O)N(C)C1CNC1. The van der Waals surface area contributed by atoms with Crippen LogP contribution in [0, 0.1) is 5.92 Å². The molecule has 1 amide bonds. The fourth-order valence-electron chi connectivity index (χ4n) is 1.41. The largest absolute Gasteiger partial charge is 0.381 e. The normalized spacial score (nSPS) is 16.5. The molecule has 88 valence electrons. The molecule has 0 saturated carbocycles. The third-order valence-corrected chi connectivity index (χ3v) is 2.61. The van der Waals surface area contributed by atoms with Crippen molar-refractivity contribution in [2.75, 3.05) is 33.4 Å². The molecule has 1 aliphatic rings. The molecule has 0 aromatic heterocycles. The van der Waals surface area contributed by atoms with Crippen LogP contribution in [0.1, 0.15) is 20.3 Å². The monoisotopic (exact) mass is 214 g/mol. The summed E-state index contributed by atoms with van der Waals surface area (Å²) >= 11 is 0. The lowest BCUT2D eigenvalue weighted by atomic mass is 10.1. The van der Waals surface area contributed by atoms with Gasteiger partial charge in [0.1, 0.15) is 0 Å².